The Bertz CT molecular complexity index is 1010. The Morgan fingerprint density at radius 2 is 2.00 bits per heavy atom. The molecule has 4 rings (SSSR count). The molecular weight excluding hydrogens is 359 g/mol. The van der Waals surface area contributed by atoms with E-state index >= 15 is 0 Å². The minimum Gasteiger partial charge on any atom is -0.461 e. The maximum absolute atomic E-state index is 13.2. The maximum atomic E-state index is 13.2. The molecule has 3 aromatic rings. The normalized spacial score (nSPS) is 14.9. The quantitative estimate of drug-likeness (QED) is 0.760. The molecule has 5 nitrogen and oxygen atoms in total. The second kappa shape index (κ2) is 6.70. The molecule has 0 amide bonds. The number of hydrogen-bond donors (Lipinski definition) is 1. The lowest BCUT2D eigenvalue weighted by Gasteiger charge is -2.28. The highest BCUT2D eigenvalue weighted by Gasteiger charge is 2.33. The number of rotatable bonds is 3. The standard InChI is InChI=1S/C19H16F3N3O2/c20-19(21,22)14-5-2-1-4-12(14)10-25-8-7-15-13(11-25)18(26)24-17(23-15)16-6-3-9-27-16/h1-6,9H,7-8,10-11H2,(H,23,24,26). The van der Waals surface area contributed by atoms with Gasteiger partial charge in [-0.05, 0) is 23.8 Å². The van der Waals surface area contributed by atoms with E-state index in [1.54, 1.807) is 18.2 Å². The average Bonchev–Trinajstić information content (AvgIpc) is 3.16. The van der Waals surface area contributed by atoms with E-state index < -0.39 is 11.7 Å². The molecule has 1 aliphatic rings. The number of furan rings is 1. The summed E-state index contributed by atoms with van der Waals surface area (Å²) >= 11 is 0. The molecule has 2 aromatic heterocycles. The summed E-state index contributed by atoms with van der Waals surface area (Å²) in [5.74, 6) is 0.830. The van der Waals surface area contributed by atoms with E-state index in [0.29, 0.717) is 35.8 Å². The van der Waals surface area contributed by atoms with Crippen molar-refractivity contribution in [2.24, 2.45) is 0 Å². The van der Waals surface area contributed by atoms with E-state index in [-0.39, 0.29) is 24.2 Å². The van der Waals surface area contributed by atoms with Gasteiger partial charge in [0.1, 0.15) is 0 Å². The van der Waals surface area contributed by atoms with Crippen LogP contribution < -0.4 is 5.56 Å². The third-order valence-electron chi connectivity index (χ3n) is 4.62. The van der Waals surface area contributed by atoms with Crippen LogP contribution in [-0.2, 0) is 25.7 Å². The average molecular weight is 375 g/mol. The summed E-state index contributed by atoms with van der Waals surface area (Å²) in [7, 11) is 0. The van der Waals surface area contributed by atoms with Crippen LogP contribution in [0, 0.1) is 0 Å². The number of aromatic amines is 1. The van der Waals surface area contributed by atoms with Gasteiger partial charge in [0.15, 0.2) is 11.6 Å². The molecule has 1 aromatic carbocycles. The van der Waals surface area contributed by atoms with Gasteiger partial charge in [0.2, 0.25) is 0 Å². The molecular formula is C19H16F3N3O2. The minimum absolute atomic E-state index is 0.120. The van der Waals surface area contributed by atoms with Crippen molar-refractivity contribution in [2.75, 3.05) is 6.54 Å². The zero-order valence-corrected chi connectivity index (χ0v) is 14.2. The van der Waals surface area contributed by atoms with E-state index in [1.807, 2.05) is 4.90 Å². The first-order valence-corrected chi connectivity index (χ1v) is 8.45. The lowest BCUT2D eigenvalue weighted by atomic mass is 10.0. The van der Waals surface area contributed by atoms with Gasteiger partial charge in [-0.3, -0.25) is 9.69 Å². The fourth-order valence-electron chi connectivity index (χ4n) is 3.32. The first kappa shape index (κ1) is 17.5. The summed E-state index contributed by atoms with van der Waals surface area (Å²) in [5, 5.41) is 0. The van der Waals surface area contributed by atoms with Gasteiger partial charge in [0, 0.05) is 26.1 Å². The van der Waals surface area contributed by atoms with Crippen LogP contribution in [0.1, 0.15) is 22.4 Å². The Labute approximate surface area is 152 Å². The number of H-pyrrole nitrogens is 1. The van der Waals surface area contributed by atoms with Crippen molar-refractivity contribution in [3.8, 4) is 11.6 Å². The van der Waals surface area contributed by atoms with Gasteiger partial charge in [-0.2, -0.15) is 13.2 Å². The lowest BCUT2D eigenvalue weighted by Crippen LogP contribution is -2.35. The van der Waals surface area contributed by atoms with E-state index in [0.717, 1.165) is 6.07 Å². The van der Waals surface area contributed by atoms with Gasteiger partial charge in [-0.1, -0.05) is 18.2 Å². The Hall–Kier alpha value is -2.87. The third-order valence-corrected chi connectivity index (χ3v) is 4.62. The van der Waals surface area contributed by atoms with Crippen LogP contribution in [0.15, 0.2) is 51.9 Å². The smallest absolute Gasteiger partial charge is 0.416 e. The van der Waals surface area contributed by atoms with Crippen molar-refractivity contribution >= 4 is 0 Å². The number of hydrogen-bond acceptors (Lipinski definition) is 4. The molecule has 1 aliphatic heterocycles. The van der Waals surface area contributed by atoms with E-state index in [1.165, 1.54) is 18.4 Å². The number of alkyl halides is 3. The Balaban J connectivity index is 1.59. The number of nitrogens with one attached hydrogen (secondary N) is 1. The molecule has 140 valence electrons. The molecule has 0 unspecified atom stereocenters. The minimum atomic E-state index is -4.40. The molecule has 27 heavy (non-hydrogen) atoms. The molecule has 0 saturated heterocycles. The molecule has 0 saturated carbocycles. The van der Waals surface area contributed by atoms with E-state index in [4.69, 9.17) is 4.42 Å². The molecule has 0 fully saturated rings. The van der Waals surface area contributed by atoms with Crippen LogP contribution in [0.4, 0.5) is 13.2 Å². The van der Waals surface area contributed by atoms with Crippen molar-refractivity contribution in [1.82, 2.24) is 14.9 Å². The van der Waals surface area contributed by atoms with Crippen LogP contribution in [-0.4, -0.2) is 21.4 Å². The van der Waals surface area contributed by atoms with Crippen molar-refractivity contribution < 1.29 is 17.6 Å². The number of benzene rings is 1. The molecule has 0 radical (unpaired) electrons. The van der Waals surface area contributed by atoms with Crippen LogP contribution in [0.5, 0.6) is 0 Å². The molecule has 3 heterocycles. The van der Waals surface area contributed by atoms with Gasteiger partial charge >= 0.3 is 6.18 Å². The predicted molar refractivity (Wildman–Crippen MR) is 91.8 cm³/mol. The first-order chi connectivity index (χ1) is 12.9. The van der Waals surface area contributed by atoms with Gasteiger partial charge < -0.3 is 9.40 Å². The molecule has 0 bridgehead atoms. The van der Waals surface area contributed by atoms with E-state index in [2.05, 4.69) is 9.97 Å². The van der Waals surface area contributed by atoms with Gasteiger partial charge in [0.05, 0.1) is 23.1 Å². The Morgan fingerprint density at radius 1 is 1.19 bits per heavy atom. The Kier molecular flexibility index (Phi) is 4.35. The summed E-state index contributed by atoms with van der Waals surface area (Å²) in [6.07, 6.45) is -2.42. The molecule has 0 aliphatic carbocycles. The molecule has 0 spiro atoms. The van der Waals surface area contributed by atoms with Gasteiger partial charge in [-0.25, -0.2) is 4.98 Å². The fraction of sp³-hybridized carbons (Fsp3) is 0.263. The van der Waals surface area contributed by atoms with Crippen molar-refractivity contribution in [3.05, 3.63) is 75.4 Å². The van der Waals surface area contributed by atoms with Crippen LogP contribution in [0.2, 0.25) is 0 Å². The topological polar surface area (TPSA) is 62.1 Å². The monoisotopic (exact) mass is 375 g/mol. The zero-order chi connectivity index (χ0) is 19.0. The number of aromatic nitrogens is 2. The summed E-state index contributed by atoms with van der Waals surface area (Å²) < 4.78 is 44.8. The summed E-state index contributed by atoms with van der Waals surface area (Å²) in [6, 6.07) is 8.93. The number of halogens is 3. The molecule has 1 N–H and O–H groups in total. The van der Waals surface area contributed by atoms with E-state index in [9.17, 15) is 18.0 Å². The molecule has 0 atom stereocenters. The highest BCUT2D eigenvalue weighted by molar-refractivity contribution is 5.47. The van der Waals surface area contributed by atoms with Crippen LogP contribution in [0.25, 0.3) is 11.6 Å². The maximum Gasteiger partial charge on any atom is 0.416 e. The predicted octanol–water partition coefficient (Wildman–Crippen LogP) is 3.61. The van der Waals surface area contributed by atoms with Crippen LogP contribution in [0.3, 0.4) is 0 Å². The summed E-state index contributed by atoms with van der Waals surface area (Å²) in [4.78, 5) is 21.4. The number of fused-ring (bicyclic) bond motifs is 1. The van der Waals surface area contributed by atoms with Crippen molar-refractivity contribution in [1.29, 1.82) is 0 Å². The van der Waals surface area contributed by atoms with Crippen molar-refractivity contribution in [3.63, 3.8) is 0 Å². The van der Waals surface area contributed by atoms with Crippen LogP contribution >= 0.6 is 0 Å². The highest BCUT2D eigenvalue weighted by atomic mass is 19.4. The zero-order valence-electron chi connectivity index (χ0n) is 14.2. The van der Waals surface area contributed by atoms with Gasteiger partial charge in [-0.15, -0.1) is 0 Å². The summed E-state index contributed by atoms with van der Waals surface area (Å²) in [5.41, 5.74) is 0.410. The first-order valence-electron chi connectivity index (χ1n) is 8.45. The fourth-order valence-corrected chi connectivity index (χ4v) is 3.32. The third kappa shape index (κ3) is 3.52. The largest absolute Gasteiger partial charge is 0.461 e. The SMILES string of the molecule is O=c1[nH]c(-c2ccco2)nc2c1CN(Cc1ccccc1C(F)(F)F)CC2. The second-order valence-corrected chi connectivity index (χ2v) is 6.43. The van der Waals surface area contributed by atoms with Crippen molar-refractivity contribution in [2.45, 2.75) is 25.7 Å². The second-order valence-electron chi connectivity index (χ2n) is 6.43. The number of nitrogens with zero attached hydrogens (tertiary/aromatic N) is 2. The molecule has 8 heteroatoms. The Morgan fingerprint density at radius 3 is 2.74 bits per heavy atom. The highest BCUT2D eigenvalue weighted by Crippen LogP contribution is 2.33. The summed E-state index contributed by atoms with van der Waals surface area (Å²) in [6.45, 7) is 0.893. The lowest BCUT2D eigenvalue weighted by molar-refractivity contribution is -0.138. The van der Waals surface area contributed by atoms with Gasteiger partial charge in [0.25, 0.3) is 5.56 Å².